The van der Waals surface area contributed by atoms with Gasteiger partial charge in [-0.1, -0.05) is 13.0 Å². The van der Waals surface area contributed by atoms with E-state index in [0.717, 1.165) is 51.5 Å². The maximum atomic E-state index is 5.67. The fraction of sp³-hybridized carbons (Fsp3) is 0.722. The van der Waals surface area contributed by atoms with Gasteiger partial charge in [0.2, 0.25) is 0 Å². The van der Waals surface area contributed by atoms with Crippen LogP contribution in [0.2, 0.25) is 0 Å². The predicted molar refractivity (Wildman–Crippen MR) is 101 cm³/mol. The van der Waals surface area contributed by atoms with Crippen LogP contribution in [0.15, 0.2) is 22.5 Å². The number of guanidine groups is 1. The van der Waals surface area contributed by atoms with Crippen molar-refractivity contribution in [1.29, 1.82) is 0 Å². The second-order valence-electron chi connectivity index (χ2n) is 6.25. The molecule has 24 heavy (non-hydrogen) atoms. The van der Waals surface area contributed by atoms with Crippen LogP contribution < -0.4 is 10.6 Å². The average molecular weight is 354 g/mol. The van der Waals surface area contributed by atoms with E-state index in [4.69, 9.17) is 9.47 Å². The Hall–Kier alpha value is -1.11. The third-order valence-electron chi connectivity index (χ3n) is 3.90. The number of hydrogen-bond acceptors (Lipinski definition) is 4. The van der Waals surface area contributed by atoms with Crippen molar-refractivity contribution in [3.8, 4) is 0 Å². The molecule has 136 valence electrons. The normalized spacial score (nSPS) is 19.4. The molecule has 0 spiro atoms. The predicted octanol–water partition coefficient (Wildman–Crippen LogP) is 2.68. The zero-order valence-electron chi connectivity index (χ0n) is 14.9. The Morgan fingerprint density at radius 3 is 3.12 bits per heavy atom. The SMILES string of the molecule is CCNC(=NCC(C)Cc1cccs1)NCCOCC1CCCO1. The monoisotopic (exact) mass is 353 g/mol. The molecule has 0 saturated carbocycles. The van der Waals surface area contributed by atoms with Gasteiger partial charge in [0.25, 0.3) is 0 Å². The first-order valence-electron chi connectivity index (χ1n) is 9.01. The Balaban J connectivity index is 1.62. The van der Waals surface area contributed by atoms with E-state index in [0.29, 0.717) is 25.2 Å². The molecular formula is C18H31N3O2S. The van der Waals surface area contributed by atoms with E-state index >= 15 is 0 Å². The highest BCUT2D eigenvalue weighted by Crippen LogP contribution is 2.14. The van der Waals surface area contributed by atoms with Gasteiger partial charge in [-0.05, 0) is 43.6 Å². The minimum absolute atomic E-state index is 0.296. The summed E-state index contributed by atoms with van der Waals surface area (Å²) in [5.74, 6) is 1.41. The van der Waals surface area contributed by atoms with Crippen LogP contribution in [0.4, 0.5) is 0 Å². The summed E-state index contributed by atoms with van der Waals surface area (Å²) in [5.41, 5.74) is 0. The molecule has 0 radical (unpaired) electrons. The van der Waals surface area contributed by atoms with Crippen molar-refractivity contribution in [2.75, 3.05) is 39.5 Å². The van der Waals surface area contributed by atoms with Crippen LogP contribution in [-0.4, -0.2) is 51.5 Å². The van der Waals surface area contributed by atoms with Crippen molar-refractivity contribution in [3.63, 3.8) is 0 Å². The van der Waals surface area contributed by atoms with Gasteiger partial charge in [-0.2, -0.15) is 0 Å². The highest BCUT2D eigenvalue weighted by Gasteiger charge is 2.14. The molecule has 0 aliphatic carbocycles. The molecule has 1 aromatic heterocycles. The fourth-order valence-corrected chi connectivity index (χ4v) is 3.53. The van der Waals surface area contributed by atoms with Crippen molar-refractivity contribution < 1.29 is 9.47 Å². The Labute approximate surface area is 149 Å². The van der Waals surface area contributed by atoms with Crippen LogP contribution in [0.1, 0.15) is 31.6 Å². The zero-order valence-corrected chi connectivity index (χ0v) is 15.7. The topological polar surface area (TPSA) is 54.9 Å². The maximum absolute atomic E-state index is 5.67. The molecule has 1 aliphatic rings. The molecule has 0 aromatic carbocycles. The van der Waals surface area contributed by atoms with E-state index in [-0.39, 0.29) is 0 Å². The number of nitrogens with one attached hydrogen (secondary N) is 2. The quantitative estimate of drug-likeness (QED) is 0.386. The van der Waals surface area contributed by atoms with Gasteiger partial charge >= 0.3 is 0 Å². The minimum Gasteiger partial charge on any atom is -0.377 e. The summed E-state index contributed by atoms with van der Waals surface area (Å²) in [6, 6.07) is 4.30. The first kappa shape index (κ1) is 19.2. The van der Waals surface area contributed by atoms with E-state index < -0.39 is 0 Å². The first-order chi connectivity index (χ1) is 11.8. The molecule has 1 saturated heterocycles. The minimum atomic E-state index is 0.296. The molecule has 2 N–H and O–H groups in total. The summed E-state index contributed by atoms with van der Waals surface area (Å²) in [6.07, 6.45) is 3.67. The van der Waals surface area contributed by atoms with Crippen LogP contribution in [0.3, 0.4) is 0 Å². The van der Waals surface area contributed by atoms with E-state index in [2.05, 4.69) is 47.0 Å². The van der Waals surface area contributed by atoms with Gasteiger partial charge in [-0.15, -0.1) is 11.3 Å². The molecule has 2 rings (SSSR count). The highest BCUT2D eigenvalue weighted by atomic mass is 32.1. The average Bonchev–Trinajstić information content (AvgIpc) is 3.26. The lowest BCUT2D eigenvalue weighted by Crippen LogP contribution is -2.39. The molecule has 0 amide bonds. The smallest absolute Gasteiger partial charge is 0.191 e. The van der Waals surface area contributed by atoms with Gasteiger partial charge < -0.3 is 20.1 Å². The lowest BCUT2D eigenvalue weighted by Gasteiger charge is -2.14. The lowest BCUT2D eigenvalue weighted by atomic mass is 10.1. The van der Waals surface area contributed by atoms with Crippen LogP contribution in [0.25, 0.3) is 0 Å². The summed E-state index contributed by atoms with van der Waals surface area (Å²) in [5, 5.41) is 8.76. The molecule has 1 aromatic rings. The molecule has 6 heteroatoms. The van der Waals surface area contributed by atoms with Crippen LogP contribution in [0, 0.1) is 5.92 Å². The second-order valence-corrected chi connectivity index (χ2v) is 7.28. The van der Waals surface area contributed by atoms with Gasteiger partial charge in [-0.25, -0.2) is 0 Å². The standard InChI is InChI=1S/C18H31N3O2S/c1-3-19-18(20-8-10-22-14-16-6-4-9-23-16)21-13-15(2)12-17-7-5-11-24-17/h5,7,11,15-16H,3-4,6,8-10,12-14H2,1-2H3,(H2,19,20,21). The third kappa shape index (κ3) is 7.64. The Kier molecular flexibility index (Phi) is 9.16. The van der Waals surface area contributed by atoms with Crippen LogP contribution in [0.5, 0.6) is 0 Å². The summed E-state index contributed by atoms with van der Waals surface area (Å²) in [6.45, 7) is 9.04. The molecule has 2 atom stereocenters. The van der Waals surface area contributed by atoms with E-state index in [1.807, 2.05) is 11.3 Å². The number of ether oxygens (including phenoxy) is 2. The number of rotatable bonds is 10. The van der Waals surface area contributed by atoms with Crippen molar-refractivity contribution >= 4 is 17.3 Å². The van der Waals surface area contributed by atoms with Gasteiger partial charge in [0.15, 0.2) is 5.96 Å². The molecule has 0 bridgehead atoms. The third-order valence-corrected chi connectivity index (χ3v) is 4.80. The first-order valence-corrected chi connectivity index (χ1v) is 9.89. The number of aliphatic imine (C=N–C) groups is 1. The molecule has 1 aliphatic heterocycles. The van der Waals surface area contributed by atoms with Gasteiger partial charge in [0.1, 0.15) is 0 Å². The second kappa shape index (κ2) is 11.4. The lowest BCUT2D eigenvalue weighted by molar-refractivity contribution is 0.0191. The molecule has 2 unspecified atom stereocenters. The van der Waals surface area contributed by atoms with Crippen molar-refractivity contribution in [1.82, 2.24) is 10.6 Å². The number of hydrogen-bond donors (Lipinski definition) is 2. The summed E-state index contributed by atoms with van der Waals surface area (Å²) < 4.78 is 11.2. The fourth-order valence-electron chi connectivity index (χ4n) is 2.66. The van der Waals surface area contributed by atoms with Gasteiger partial charge in [0, 0.05) is 31.1 Å². The highest BCUT2D eigenvalue weighted by molar-refractivity contribution is 7.09. The van der Waals surface area contributed by atoms with Crippen LogP contribution >= 0.6 is 11.3 Å². The Morgan fingerprint density at radius 1 is 1.50 bits per heavy atom. The molecule has 5 nitrogen and oxygen atoms in total. The molecule has 1 fully saturated rings. The van der Waals surface area contributed by atoms with Crippen molar-refractivity contribution in [2.24, 2.45) is 10.9 Å². The van der Waals surface area contributed by atoms with E-state index in [9.17, 15) is 0 Å². The van der Waals surface area contributed by atoms with Crippen LogP contribution in [-0.2, 0) is 15.9 Å². The zero-order chi connectivity index (χ0) is 17.0. The summed E-state index contributed by atoms with van der Waals surface area (Å²) >= 11 is 1.82. The Morgan fingerprint density at radius 2 is 2.42 bits per heavy atom. The van der Waals surface area contributed by atoms with Crippen molar-refractivity contribution in [2.45, 2.75) is 39.2 Å². The molecule has 2 heterocycles. The van der Waals surface area contributed by atoms with E-state index in [1.165, 1.54) is 4.88 Å². The largest absolute Gasteiger partial charge is 0.377 e. The van der Waals surface area contributed by atoms with E-state index in [1.54, 1.807) is 0 Å². The summed E-state index contributed by atoms with van der Waals surface area (Å²) in [7, 11) is 0. The van der Waals surface area contributed by atoms with Gasteiger partial charge in [0.05, 0.1) is 19.3 Å². The number of thiophene rings is 1. The summed E-state index contributed by atoms with van der Waals surface area (Å²) in [4.78, 5) is 6.12. The maximum Gasteiger partial charge on any atom is 0.191 e. The van der Waals surface area contributed by atoms with Gasteiger partial charge in [-0.3, -0.25) is 4.99 Å². The van der Waals surface area contributed by atoms with Crippen molar-refractivity contribution in [3.05, 3.63) is 22.4 Å². The Bertz CT molecular complexity index is 459. The number of nitrogens with zero attached hydrogens (tertiary/aromatic N) is 1. The molecular weight excluding hydrogens is 322 g/mol.